The van der Waals surface area contributed by atoms with Crippen LogP contribution < -0.4 is 10.2 Å². The summed E-state index contributed by atoms with van der Waals surface area (Å²) in [6.07, 6.45) is 0.549. The third kappa shape index (κ3) is 5.06. The van der Waals surface area contributed by atoms with Gasteiger partial charge >= 0.3 is 0 Å². The number of nitrogens with zero attached hydrogens (tertiary/aromatic N) is 2. The van der Waals surface area contributed by atoms with Gasteiger partial charge in [-0.3, -0.25) is 14.9 Å². The van der Waals surface area contributed by atoms with E-state index in [0.717, 1.165) is 0 Å². The van der Waals surface area contributed by atoms with Crippen molar-refractivity contribution < 1.29 is 14.5 Å². The molecule has 0 saturated heterocycles. The van der Waals surface area contributed by atoms with Gasteiger partial charge in [0.2, 0.25) is 0 Å². The Hall–Kier alpha value is -2.93. The van der Waals surface area contributed by atoms with Crippen molar-refractivity contribution in [1.29, 1.82) is 0 Å². The van der Waals surface area contributed by atoms with Gasteiger partial charge in [0.15, 0.2) is 6.10 Å². The molecule has 0 bridgehead atoms. The Morgan fingerprint density at radius 2 is 2.04 bits per heavy atom. The molecule has 0 unspecified atom stereocenters. The minimum Gasteiger partial charge on any atom is -0.481 e. The molecule has 0 aliphatic rings. The Labute approximate surface area is 143 Å². The van der Waals surface area contributed by atoms with Gasteiger partial charge in [-0.25, -0.2) is 5.43 Å². The summed E-state index contributed by atoms with van der Waals surface area (Å²) in [4.78, 5) is 22.1. The highest BCUT2D eigenvalue weighted by atomic mass is 35.5. The first-order valence-corrected chi connectivity index (χ1v) is 7.33. The highest BCUT2D eigenvalue weighted by molar-refractivity contribution is 6.30. The van der Waals surface area contributed by atoms with Crippen molar-refractivity contribution in [2.75, 3.05) is 0 Å². The Morgan fingerprint density at radius 3 is 2.71 bits per heavy atom. The lowest BCUT2D eigenvalue weighted by atomic mass is 10.2. The van der Waals surface area contributed by atoms with Crippen molar-refractivity contribution in [3.8, 4) is 5.75 Å². The largest absolute Gasteiger partial charge is 0.481 e. The van der Waals surface area contributed by atoms with E-state index in [1.807, 2.05) is 0 Å². The lowest BCUT2D eigenvalue weighted by Crippen LogP contribution is -2.33. The third-order valence-corrected chi connectivity index (χ3v) is 3.22. The number of halogens is 1. The maximum Gasteiger partial charge on any atom is 0.280 e. The predicted octanol–water partition coefficient (Wildman–Crippen LogP) is 3.17. The second-order valence-corrected chi connectivity index (χ2v) is 5.24. The molecule has 0 saturated carbocycles. The molecule has 2 aromatic carbocycles. The number of non-ortho nitro benzene ring substituents is 1. The van der Waals surface area contributed by atoms with Crippen LogP contribution in [0.4, 0.5) is 5.69 Å². The van der Waals surface area contributed by atoms with Gasteiger partial charge in [-0.05, 0) is 31.2 Å². The number of hydrogen-bond donors (Lipinski definition) is 1. The standard InChI is InChI=1S/C16H14ClN3O4/c1-11(24-15-7-5-13(17)6-8-15)16(21)19-18-10-12-3-2-4-14(9-12)20(22)23/h2-11H,1H3,(H,19,21)/b18-10+/t11-/m1/s1. The summed E-state index contributed by atoms with van der Waals surface area (Å²) in [5.74, 6) is 0.0522. The van der Waals surface area contributed by atoms with Crippen molar-refractivity contribution >= 4 is 29.4 Å². The number of benzene rings is 2. The second-order valence-electron chi connectivity index (χ2n) is 4.80. The molecule has 24 heavy (non-hydrogen) atoms. The number of carbonyl (C=O) groups excluding carboxylic acids is 1. The van der Waals surface area contributed by atoms with Crippen LogP contribution in [0.2, 0.25) is 5.02 Å². The fourth-order valence-electron chi connectivity index (χ4n) is 1.75. The molecule has 0 fully saturated rings. The van der Waals surface area contributed by atoms with Gasteiger partial charge in [-0.2, -0.15) is 5.10 Å². The molecule has 0 aromatic heterocycles. The van der Waals surface area contributed by atoms with Gasteiger partial charge in [0.25, 0.3) is 11.6 Å². The Balaban J connectivity index is 1.90. The predicted molar refractivity (Wildman–Crippen MR) is 90.4 cm³/mol. The van der Waals surface area contributed by atoms with Gasteiger partial charge in [-0.1, -0.05) is 23.7 Å². The van der Waals surface area contributed by atoms with E-state index in [1.54, 1.807) is 37.3 Å². The summed E-state index contributed by atoms with van der Waals surface area (Å²) in [6, 6.07) is 12.5. The van der Waals surface area contributed by atoms with Gasteiger partial charge < -0.3 is 4.74 Å². The summed E-state index contributed by atoms with van der Waals surface area (Å²) in [5.41, 5.74) is 2.77. The number of ether oxygens (including phenoxy) is 1. The number of nitro groups is 1. The van der Waals surface area contributed by atoms with Crippen molar-refractivity contribution in [2.45, 2.75) is 13.0 Å². The molecule has 124 valence electrons. The van der Waals surface area contributed by atoms with E-state index in [-0.39, 0.29) is 5.69 Å². The van der Waals surface area contributed by atoms with Gasteiger partial charge in [0, 0.05) is 22.7 Å². The number of nitro benzene ring substituents is 1. The van der Waals surface area contributed by atoms with Crippen LogP contribution in [0.25, 0.3) is 0 Å². The monoisotopic (exact) mass is 347 g/mol. The minimum absolute atomic E-state index is 0.0512. The molecule has 1 amide bonds. The van der Waals surface area contributed by atoms with Crippen molar-refractivity contribution in [2.24, 2.45) is 5.10 Å². The number of amides is 1. The Morgan fingerprint density at radius 1 is 1.33 bits per heavy atom. The van der Waals surface area contributed by atoms with E-state index < -0.39 is 16.9 Å². The van der Waals surface area contributed by atoms with E-state index >= 15 is 0 Å². The third-order valence-electron chi connectivity index (χ3n) is 2.97. The molecule has 1 N–H and O–H groups in total. The fraction of sp³-hybridized carbons (Fsp3) is 0.125. The summed E-state index contributed by atoms with van der Waals surface area (Å²) in [5, 5.41) is 15.0. The van der Waals surface area contributed by atoms with Gasteiger partial charge in [0.1, 0.15) is 5.75 Å². The van der Waals surface area contributed by atoms with Crippen LogP contribution in [0.3, 0.4) is 0 Å². The highest BCUT2D eigenvalue weighted by Crippen LogP contribution is 2.16. The maximum absolute atomic E-state index is 11.9. The second kappa shape index (κ2) is 8.07. The molecule has 1 atom stereocenters. The first-order chi connectivity index (χ1) is 11.5. The van der Waals surface area contributed by atoms with E-state index in [9.17, 15) is 14.9 Å². The topological polar surface area (TPSA) is 93.8 Å². The molecular formula is C16H14ClN3O4. The number of hydrazone groups is 1. The molecule has 0 heterocycles. The zero-order valence-electron chi connectivity index (χ0n) is 12.7. The van der Waals surface area contributed by atoms with Crippen molar-refractivity contribution in [3.63, 3.8) is 0 Å². The van der Waals surface area contributed by atoms with Crippen molar-refractivity contribution in [1.82, 2.24) is 5.43 Å². The number of nitrogens with one attached hydrogen (secondary N) is 1. The molecule has 8 heteroatoms. The summed E-state index contributed by atoms with van der Waals surface area (Å²) in [7, 11) is 0. The van der Waals surface area contributed by atoms with Crippen LogP contribution in [0.5, 0.6) is 5.75 Å². The number of carbonyl (C=O) groups is 1. The molecule has 0 spiro atoms. The average Bonchev–Trinajstić information content (AvgIpc) is 2.57. The van der Waals surface area contributed by atoms with Crippen LogP contribution in [0.1, 0.15) is 12.5 Å². The van der Waals surface area contributed by atoms with Crippen molar-refractivity contribution in [3.05, 3.63) is 69.2 Å². The molecule has 2 aromatic rings. The Bertz CT molecular complexity index is 762. The van der Waals surface area contributed by atoms with Gasteiger partial charge in [-0.15, -0.1) is 0 Å². The average molecular weight is 348 g/mol. The van der Waals surface area contributed by atoms with E-state index in [0.29, 0.717) is 16.3 Å². The smallest absolute Gasteiger partial charge is 0.280 e. The molecule has 0 aliphatic heterocycles. The lowest BCUT2D eigenvalue weighted by Gasteiger charge is -2.12. The summed E-state index contributed by atoms with van der Waals surface area (Å²) >= 11 is 5.77. The van der Waals surface area contributed by atoms with Crippen LogP contribution >= 0.6 is 11.6 Å². The molecular weight excluding hydrogens is 334 g/mol. The Kier molecular flexibility index (Phi) is 5.86. The van der Waals surface area contributed by atoms with E-state index in [1.165, 1.54) is 24.4 Å². The normalized spacial score (nSPS) is 11.9. The molecule has 7 nitrogen and oxygen atoms in total. The SMILES string of the molecule is C[C@@H](Oc1ccc(Cl)cc1)C(=O)N/N=C/c1cccc([N+](=O)[O-])c1. The first-order valence-electron chi connectivity index (χ1n) is 6.95. The quantitative estimate of drug-likeness (QED) is 0.493. The van der Waals surface area contributed by atoms with Crippen LogP contribution in [-0.2, 0) is 4.79 Å². The first kappa shape index (κ1) is 17.4. The summed E-state index contributed by atoms with van der Waals surface area (Å²) < 4.78 is 5.45. The number of hydrogen-bond acceptors (Lipinski definition) is 5. The van der Waals surface area contributed by atoms with Crippen LogP contribution in [-0.4, -0.2) is 23.1 Å². The number of rotatable bonds is 6. The fourth-order valence-corrected chi connectivity index (χ4v) is 1.88. The van der Waals surface area contributed by atoms with E-state index in [2.05, 4.69) is 10.5 Å². The molecule has 0 aliphatic carbocycles. The minimum atomic E-state index is -0.770. The maximum atomic E-state index is 11.9. The zero-order chi connectivity index (χ0) is 17.5. The summed E-state index contributed by atoms with van der Waals surface area (Å²) in [6.45, 7) is 1.58. The molecule has 0 radical (unpaired) electrons. The highest BCUT2D eigenvalue weighted by Gasteiger charge is 2.13. The van der Waals surface area contributed by atoms with E-state index in [4.69, 9.17) is 16.3 Å². The molecule has 2 rings (SSSR count). The van der Waals surface area contributed by atoms with Crippen LogP contribution in [0, 0.1) is 10.1 Å². The zero-order valence-corrected chi connectivity index (χ0v) is 13.4. The van der Waals surface area contributed by atoms with Gasteiger partial charge in [0.05, 0.1) is 11.1 Å². The lowest BCUT2D eigenvalue weighted by molar-refractivity contribution is -0.384. The van der Waals surface area contributed by atoms with Crippen LogP contribution in [0.15, 0.2) is 53.6 Å².